The fraction of sp³-hybridized carbons (Fsp3) is 0.200. The van der Waals surface area contributed by atoms with Crippen LogP contribution in [0, 0.1) is 0 Å². The van der Waals surface area contributed by atoms with Crippen LogP contribution in [0.3, 0.4) is 0 Å². The maximum absolute atomic E-state index is 12.1. The van der Waals surface area contributed by atoms with Crippen molar-refractivity contribution in [3.8, 4) is 0 Å². The van der Waals surface area contributed by atoms with Gasteiger partial charge in [0, 0.05) is 0 Å². The first kappa shape index (κ1) is 10.2. The first-order chi connectivity index (χ1) is 6.66. The van der Waals surface area contributed by atoms with Crippen molar-refractivity contribution >= 4 is 35.4 Å². The Morgan fingerprint density at radius 2 is 1.43 bits per heavy atom. The predicted octanol–water partition coefficient (Wildman–Crippen LogP) is 1.39. The average molecular weight is 285 g/mol. The molecule has 2 aliphatic rings. The molecule has 0 aromatic heterocycles. The van der Waals surface area contributed by atoms with Gasteiger partial charge in [-0.1, -0.05) is 0 Å². The van der Waals surface area contributed by atoms with E-state index < -0.39 is 19.7 Å². The average Bonchev–Trinajstić information content (AvgIpc) is 2.73. The molecular weight excluding hydrogens is 276 g/mol. The molecule has 0 N–H and O–H groups in total. The Morgan fingerprint density at radius 3 is 1.71 bits per heavy atom. The molecule has 0 bridgehead atoms. The fourth-order valence-corrected chi connectivity index (χ4v) is 6.58. The van der Waals surface area contributed by atoms with Crippen LogP contribution < -0.4 is 0 Å². The molecule has 0 aliphatic heterocycles. The first-order valence-electron chi connectivity index (χ1n) is 4.51. The number of hydrogen-bond acceptors (Lipinski definition) is 1. The molecule has 4 heteroatoms. The third kappa shape index (κ3) is 2.02. The van der Waals surface area contributed by atoms with Crippen LogP contribution in [0.4, 0.5) is 0 Å². The summed E-state index contributed by atoms with van der Waals surface area (Å²) in [5, 5.41) is 0. The van der Waals surface area contributed by atoms with Gasteiger partial charge < -0.3 is 0 Å². The minimum atomic E-state index is -2.70. The van der Waals surface area contributed by atoms with Crippen molar-refractivity contribution in [2.45, 2.75) is 7.87 Å². The molecule has 14 heavy (non-hydrogen) atoms. The van der Waals surface area contributed by atoms with Gasteiger partial charge in [0.25, 0.3) is 0 Å². The molecule has 1 nitrogen and oxygen atoms in total. The summed E-state index contributed by atoms with van der Waals surface area (Å²) >= 11 is -2.70. The topological polar surface area (TPSA) is 17.1 Å². The van der Waals surface area contributed by atoms with Gasteiger partial charge in [-0.15, -0.1) is 0 Å². The first-order valence-corrected chi connectivity index (χ1v) is 8.97. The minimum absolute atomic E-state index is 0.0919. The van der Waals surface area contributed by atoms with E-state index in [-0.39, 0.29) is 7.87 Å². The SMILES string of the molecule is [B-]C1=C[CH]([Sn](=[O])[CH]2C=CC([B-])=C2)C=C1. The second-order valence-corrected chi connectivity index (χ2v) is 9.61. The van der Waals surface area contributed by atoms with Crippen LogP contribution in [0.15, 0.2) is 47.4 Å². The van der Waals surface area contributed by atoms with Crippen LogP contribution in [-0.2, 0) is 3.08 Å². The van der Waals surface area contributed by atoms with Crippen molar-refractivity contribution in [3.05, 3.63) is 47.4 Å². The van der Waals surface area contributed by atoms with E-state index in [9.17, 15) is 3.08 Å². The number of rotatable bonds is 2. The molecule has 0 fully saturated rings. The summed E-state index contributed by atoms with van der Waals surface area (Å²) in [4.78, 5) is 0. The molecular formula is C10H8B2OSn-2. The zero-order valence-corrected chi connectivity index (χ0v) is 10.5. The van der Waals surface area contributed by atoms with E-state index in [1.165, 1.54) is 0 Å². The van der Waals surface area contributed by atoms with Crippen LogP contribution in [0.2, 0.25) is 7.87 Å². The molecule has 0 heterocycles. The van der Waals surface area contributed by atoms with Gasteiger partial charge in [-0.3, -0.25) is 0 Å². The van der Waals surface area contributed by atoms with E-state index in [2.05, 4.69) is 0 Å². The molecule has 0 saturated carbocycles. The molecule has 0 spiro atoms. The van der Waals surface area contributed by atoms with Crippen molar-refractivity contribution in [2.24, 2.45) is 0 Å². The van der Waals surface area contributed by atoms with Gasteiger partial charge in [0.05, 0.1) is 0 Å². The van der Waals surface area contributed by atoms with Crippen LogP contribution >= 0.6 is 0 Å². The zero-order chi connectivity index (χ0) is 10.1. The van der Waals surface area contributed by atoms with Crippen molar-refractivity contribution in [1.82, 2.24) is 0 Å². The van der Waals surface area contributed by atoms with Gasteiger partial charge in [0.15, 0.2) is 0 Å². The quantitative estimate of drug-likeness (QED) is 0.701. The molecule has 2 atom stereocenters. The Bertz CT molecular complexity index is 357. The van der Waals surface area contributed by atoms with Crippen LogP contribution in [0.5, 0.6) is 0 Å². The van der Waals surface area contributed by atoms with Crippen molar-refractivity contribution in [3.63, 3.8) is 0 Å². The zero-order valence-electron chi connectivity index (χ0n) is 7.68. The molecule has 2 unspecified atom stereocenters. The van der Waals surface area contributed by atoms with Crippen molar-refractivity contribution < 1.29 is 3.08 Å². The second kappa shape index (κ2) is 4.05. The predicted molar refractivity (Wildman–Crippen MR) is 59.9 cm³/mol. The molecule has 66 valence electrons. The Balaban J connectivity index is 2.11. The fourth-order valence-electron chi connectivity index (χ4n) is 1.64. The Kier molecular flexibility index (Phi) is 2.96. The Morgan fingerprint density at radius 1 is 1.00 bits per heavy atom. The van der Waals surface area contributed by atoms with E-state index in [0.717, 1.165) is 10.9 Å². The van der Waals surface area contributed by atoms with Gasteiger partial charge in [-0.25, -0.2) is 0 Å². The number of allylic oxidation sites excluding steroid dienone is 8. The molecule has 0 amide bonds. The van der Waals surface area contributed by atoms with Crippen molar-refractivity contribution in [1.29, 1.82) is 0 Å². The Hall–Kier alpha value is -0.311. The van der Waals surface area contributed by atoms with Gasteiger partial charge in [0.1, 0.15) is 0 Å². The van der Waals surface area contributed by atoms with Gasteiger partial charge in [-0.2, -0.15) is 0 Å². The maximum atomic E-state index is 12.1. The molecule has 0 aromatic rings. The van der Waals surface area contributed by atoms with E-state index >= 15 is 0 Å². The van der Waals surface area contributed by atoms with Gasteiger partial charge in [-0.05, 0) is 0 Å². The normalized spacial score (nSPS) is 29.3. The summed E-state index contributed by atoms with van der Waals surface area (Å²) in [5.74, 6) is 0. The third-order valence-electron chi connectivity index (χ3n) is 2.39. The van der Waals surface area contributed by atoms with Crippen LogP contribution in [-0.4, -0.2) is 35.4 Å². The van der Waals surface area contributed by atoms with E-state index in [0.29, 0.717) is 0 Å². The standard InChI is InChI=1S/2C5H4B.O.Sn/c2*6-5-3-1-2-4-5;;/h2*1-4H;;/q2*-1;;. The molecule has 0 saturated heterocycles. The summed E-state index contributed by atoms with van der Waals surface area (Å²) in [6, 6.07) is 0. The summed E-state index contributed by atoms with van der Waals surface area (Å²) in [6.45, 7) is 0. The summed E-state index contributed by atoms with van der Waals surface area (Å²) in [7, 11) is 11.2. The molecule has 0 aromatic carbocycles. The molecule has 2 rings (SSSR count). The van der Waals surface area contributed by atoms with Crippen LogP contribution in [0.1, 0.15) is 0 Å². The van der Waals surface area contributed by atoms with Crippen molar-refractivity contribution in [2.75, 3.05) is 0 Å². The number of hydrogen-bond donors (Lipinski definition) is 0. The van der Waals surface area contributed by atoms with Gasteiger partial charge >= 0.3 is 93.8 Å². The van der Waals surface area contributed by atoms with Crippen LogP contribution in [0.25, 0.3) is 0 Å². The summed E-state index contributed by atoms with van der Waals surface area (Å²) < 4.78 is 12.3. The van der Waals surface area contributed by atoms with E-state index in [4.69, 9.17) is 15.7 Å². The summed E-state index contributed by atoms with van der Waals surface area (Å²) in [6.07, 6.45) is 11.3. The Labute approximate surface area is 93.6 Å². The monoisotopic (exact) mass is 286 g/mol. The third-order valence-corrected chi connectivity index (χ3v) is 8.19. The summed E-state index contributed by atoms with van der Waals surface area (Å²) in [5.41, 5.74) is 1.45. The molecule has 6 radical (unpaired) electrons. The van der Waals surface area contributed by atoms with E-state index in [1.54, 1.807) is 0 Å². The van der Waals surface area contributed by atoms with Gasteiger partial charge in [0.2, 0.25) is 0 Å². The second-order valence-electron chi connectivity index (χ2n) is 3.51. The van der Waals surface area contributed by atoms with E-state index in [1.807, 2.05) is 36.5 Å². The molecule has 2 aliphatic carbocycles.